The monoisotopic (exact) mass is 301 g/mol. The molecule has 0 saturated heterocycles. The van der Waals surface area contributed by atoms with E-state index in [9.17, 15) is 9.59 Å². The summed E-state index contributed by atoms with van der Waals surface area (Å²) >= 11 is 0. The molecule has 1 aromatic carbocycles. The highest BCUT2D eigenvalue weighted by Gasteiger charge is 2.08. The molecule has 0 atom stereocenters. The lowest BCUT2D eigenvalue weighted by atomic mass is 10.2. The van der Waals surface area contributed by atoms with Crippen LogP contribution in [0.2, 0.25) is 0 Å². The second-order valence-corrected chi connectivity index (χ2v) is 4.37. The molecule has 0 radical (unpaired) electrons. The van der Waals surface area contributed by atoms with E-state index >= 15 is 0 Å². The lowest BCUT2D eigenvalue weighted by Crippen LogP contribution is -2.25. The van der Waals surface area contributed by atoms with Crippen molar-refractivity contribution in [2.24, 2.45) is 0 Å². The molecule has 0 saturated carbocycles. The summed E-state index contributed by atoms with van der Waals surface area (Å²) in [5, 5.41) is 14.4. The molecule has 2 N–H and O–H groups in total. The first-order valence-electron chi connectivity index (χ1n) is 7.04. The summed E-state index contributed by atoms with van der Waals surface area (Å²) in [5.41, 5.74) is 1.09. The lowest BCUT2D eigenvalue weighted by Gasteiger charge is -2.05. The van der Waals surface area contributed by atoms with Crippen LogP contribution in [-0.4, -0.2) is 25.0 Å². The number of hydrogen-bond acceptors (Lipinski definition) is 5. The van der Waals surface area contributed by atoms with Crippen molar-refractivity contribution >= 4 is 17.6 Å². The van der Waals surface area contributed by atoms with E-state index in [4.69, 9.17) is 10.00 Å². The summed E-state index contributed by atoms with van der Waals surface area (Å²) in [6, 6.07) is 8.39. The van der Waals surface area contributed by atoms with Gasteiger partial charge in [-0.1, -0.05) is 6.92 Å². The molecular weight excluding hydrogens is 282 g/mol. The van der Waals surface area contributed by atoms with Gasteiger partial charge in [-0.2, -0.15) is 5.26 Å². The van der Waals surface area contributed by atoms with Gasteiger partial charge in [0.05, 0.1) is 12.2 Å². The molecule has 0 aliphatic carbocycles. The number of esters is 1. The first-order chi connectivity index (χ1) is 10.6. The van der Waals surface area contributed by atoms with Crippen molar-refractivity contribution < 1.29 is 14.3 Å². The summed E-state index contributed by atoms with van der Waals surface area (Å²) in [4.78, 5) is 23.2. The molecule has 0 unspecified atom stereocenters. The quantitative estimate of drug-likeness (QED) is 0.458. The summed E-state index contributed by atoms with van der Waals surface area (Å²) in [5.74, 6) is -0.804. The highest BCUT2D eigenvalue weighted by molar-refractivity contribution is 5.97. The summed E-state index contributed by atoms with van der Waals surface area (Å²) < 4.78 is 4.89. The maximum absolute atomic E-state index is 11.7. The van der Waals surface area contributed by atoms with Gasteiger partial charge in [0.2, 0.25) is 0 Å². The van der Waals surface area contributed by atoms with Crippen molar-refractivity contribution in [2.45, 2.75) is 20.3 Å². The van der Waals surface area contributed by atoms with Crippen LogP contribution in [0.3, 0.4) is 0 Å². The zero-order chi connectivity index (χ0) is 16.4. The van der Waals surface area contributed by atoms with Gasteiger partial charge in [0.1, 0.15) is 11.6 Å². The van der Waals surface area contributed by atoms with E-state index < -0.39 is 5.91 Å². The molecule has 6 nitrogen and oxygen atoms in total. The van der Waals surface area contributed by atoms with Gasteiger partial charge in [0.15, 0.2) is 0 Å². The minimum atomic E-state index is -0.417. The highest BCUT2D eigenvalue weighted by atomic mass is 16.5. The molecule has 0 spiro atoms. The van der Waals surface area contributed by atoms with Gasteiger partial charge in [0, 0.05) is 18.4 Å². The Balaban J connectivity index is 2.70. The average molecular weight is 301 g/mol. The first-order valence-corrected chi connectivity index (χ1v) is 7.04. The number of carbonyl (C=O) groups is 2. The molecule has 116 valence electrons. The van der Waals surface area contributed by atoms with E-state index in [1.54, 1.807) is 31.2 Å². The Morgan fingerprint density at radius 1 is 1.27 bits per heavy atom. The molecule has 0 aliphatic heterocycles. The van der Waals surface area contributed by atoms with Crippen LogP contribution in [0.25, 0.3) is 0 Å². The normalized spacial score (nSPS) is 10.5. The van der Waals surface area contributed by atoms with Crippen molar-refractivity contribution in [1.82, 2.24) is 5.32 Å². The predicted octanol–water partition coefficient (Wildman–Crippen LogP) is 2.21. The van der Waals surface area contributed by atoms with E-state index in [-0.39, 0.29) is 11.5 Å². The smallest absolute Gasteiger partial charge is 0.338 e. The maximum atomic E-state index is 11.7. The van der Waals surface area contributed by atoms with E-state index in [2.05, 4.69) is 10.6 Å². The van der Waals surface area contributed by atoms with Crippen LogP contribution in [0.15, 0.2) is 36.0 Å². The molecule has 0 aromatic heterocycles. The molecule has 1 rings (SSSR count). The summed E-state index contributed by atoms with van der Waals surface area (Å²) in [7, 11) is 0. The van der Waals surface area contributed by atoms with Crippen LogP contribution in [0.4, 0.5) is 5.69 Å². The van der Waals surface area contributed by atoms with Gasteiger partial charge in [-0.15, -0.1) is 0 Å². The van der Waals surface area contributed by atoms with Crippen LogP contribution >= 0.6 is 0 Å². The zero-order valence-corrected chi connectivity index (χ0v) is 12.7. The number of nitrogens with zero attached hydrogens (tertiary/aromatic N) is 1. The molecule has 0 fully saturated rings. The Morgan fingerprint density at radius 2 is 1.95 bits per heavy atom. The van der Waals surface area contributed by atoms with Crippen LogP contribution in [0.1, 0.15) is 30.6 Å². The van der Waals surface area contributed by atoms with E-state index in [1.165, 1.54) is 6.20 Å². The minimum Gasteiger partial charge on any atom is -0.462 e. The minimum absolute atomic E-state index is 0.0112. The Bertz CT molecular complexity index is 586. The molecule has 6 heteroatoms. The topological polar surface area (TPSA) is 91.2 Å². The van der Waals surface area contributed by atoms with Gasteiger partial charge >= 0.3 is 5.97 Å². The standard InChI is InChI=1S/C16H19N3O3/c1-3-9-18-15(20)13(10-17)11-19-14-7-5-12(6-8-14)16(21)22-4-2/h5-8,11,19H,3-4,9H2,1-2H3,(H,18,20)/b13-11-. The van der Waals surface area contributed by atoms with Crippen molar-refractivity contribution in [3.8, 4) is 6.07 Å². The number of hydrogen-bond donors (Lipinski definition) is 2. The van der Waals surface area contributed by atoms with Crippen molar-refractivity contribution in [3.63, 3.8) is 0 Å². The fourth-order valence-electron chi connectivity index (χ4n) is 1.55. The number of rotatable bonds is 7. The highest BCUT2D eigenvalue weighted by Crippen LogP contribution is 2.11. The molecule has 22 heavy (non-hydrogen) atoms. The molecule has 0 bridgehead atoms. The van der Waals surface area contributed by atoms with Gasteiger partial charge in [-0.3, -0.25) is 4.79 Å². The number of benzene rings is 1. The van der Waals surface area contributed by atoms with Gasteiger partial charge < -0.3 is 15.4 Å². The number of nitrogens with one attached hydrogen (secondary N) is 2. The molecule has 1 aromatic rings. The van der Waals surface area contributed by atoms with Crippen LogP contribution in [0, 0.1) is 11.3 Å². The van der Waals surface area contributed by atoms with Crippen molar-refractivity contribution in [2.75, 3.05) is 18.5 Å². The third-order valence-electron chi connectivity index (χ3n) is 2.68. The number of anilines is 1. The van der Waals surface area contributed by atoms with Crippen LogP contribution in [0.5, 0.6) is 0 Å². The number of amides is 1. The second kappa shape index (κ2) is 9.19. The Hall–Kier alpha value is -2.81. The lowest BCUT2D eigenvalue weighted by molar-refractivity contribution is -0.117. The Labute approximate surface area is 129 Å². The van der Waals surface area contributed by atoms with Crippen LogP contribution in [-0.2, 0) is 9.53 Å². The molecule has 0 aliphatic rings. The van der Waals surface area contributed by atoms with E-state index in [0.29, 0.717) is 24.4 Å². The fraction of sp³-hybridized carbons (Fsp3) is 0.312. The number of nitriles is 1. The van der Waals surface area contributed by atoms with Crippen molar-refractivity contribution in [3.05, 3.63) is 41.6 Å². The van der Waals surface area contributed by atoms with Gasteiger partial charge in [0.25, 0.3) is 5.91 Å². The number of ether oxygens (including phenoxy) is 1. The molecular formula is C16H19N3O3. The van der Waals surface area contributed by atoms with E-state index in [1.807, 2.05) is 13.0 Å². The third-order valence-corrected chi connectivity index (χ3v) is 2.68. The first kappa shape index (κ1) is 17.2. The maximum Gasteiger partial charge on any atom is 0.338 e. The van der Waals surface area contributed by atoms with Gasteiger partial charge in [-0.25, -0.2) is 4.79 Å². The third kappa shape index (κ3) is 5.29. The summed E-state index contributed by atoms with van der Waals surface area (Å²) in [6.45, 7) is 4.51. The number of carbonyl (C=O) groups excluding carboxylic acids is 2. The fourth-order valence-corrected chi connectivity index (χ4v) is 1.55. The SMILES string of the molecule is CCCNC(=O)/C(C#N)=C\Nc1ccc(C(=O)OCC)cc1. The Morgan fingerprint density at radius 3 is 2.50 bits per heavy atom. The summed E-state index contributed by atoms with van der Waals surface area (Å²) in [6.07, 6.45) is 2.14. The molecule has 1 amide bonds. The largest absolute Gasteiger partial charge is 0.462 e. The zero-order valence-electron chi connectivity index (χ0n) is 12.7. The average Bonchev–Trinajstić information content (AvgIpc) is 2.54. The Kier molecular flexibility index (Phi) is 7.20. The second-order valence-electron chi connectivity index (χ2n) is 4.37. The van der Waals surface area contributed by atoms with E-state index in [0.717, 1.165) is 6.42 Å². The molecule has 0 heterocycles. The van der Waals surface area contributed by atoms with Crippen molar-refractivity contribution in [1.29, 1.82) is 5.26 Å². The van der Waals surface area contributed by atoms with Gasteiger partial charge in [-0.05, 0) is 37.6 Å². The van der Waals surface area contributed by atoms with Crippen LogP contribution < -0.4 is 10.6 Å². The predicted molar refractivity (Wildman–Crippen MR) is 83.0 cm³/mol.